The number of hydrogen-bond donors (Lipinski definition) is 2. The van der Waals surface area contributed by atoms with Gasteiger partial charge in [0, 0.05) is 11.6 Å². The Morgan fingerprint density at radius 1 is 1.29 bits per heavy atom. The molecule has 21 heavy (non-hydrogen) atoms. The summed E-state index contributed by atoms with van der Waals surface area (Å²) in [7, 11) is -3.55. The number of rotatable bonds is 7. The van der Waals surface area contributed by atoms with Gasteiger partial charge in [0.25, 0.3) is 0 Å². The van der Waals surface area contributed by atoms with Crippen LogP contribution in [-0.4, -0.2) is 21.0 Å². The van der Waals surface area contributed by atoms with Crippen molar-refractivity contribution in [3.63, 3.8) is 0 Å². The van der Waals surface area contributed by atoms with E-state index >= 15 is 0 Å². The molecule has 5 heteroatoms. The number of benzene rings is 1. The monoisotopic (exact) mass is 308 g/mol. The molecular weight excluding hydrogens is 284 g/mol. The quantitative estimate of drug-likeness (QED) is 0.599. The van der Waals surface area contributed by atoms with Crippen molar-refractivity contribution in [3.8, 4) is 11.8 Å². The van der Waals surface area contributed by atoms with Crippen LogP contribution in [0.3, 0.4) is 0 Å². The maximum absolute atomic E-state index is 12.4. The molecule has 0 saturated heterocycles. The second-order valence-corrected chi connectivity index (χ2v) is 6.70. The predicted molar refractivity (Wildman–Crippen MR) is 86.3 cm³/mol. The van der Waals surface area contributed by atoms with Crippen molar-refractivity contribution in [3.05, 3.63) is 29.8 Å². The second-order valence-electron chi connectivity index (χ2n) is 5.02. The zero-order valence-corrected chi connectivity index (χ0v) is 13.5. The minimum Gasteiger partial charge on any atom is -0.320 e. The molecule has 1 unspecified atom stereocenters. The van der Waals surface area contributed by atoms with Crippen LogP contribution in [0.5, 0.6) is 0 Å². The molecule has 1 aromatic rings. The van der Waals surface area contributed by atoms with Gasteiger partial charge in [-0.1, -0.05) is 50.2 Å². The van der Waals surface area contributed by atoms with Gasteiger partial charge in [-0.15, -0.1) is 0 Å². The van der Waals surface area contributed by atoms with Gasteiger partial charge < -0.3 is 5.73 Å². The van der Waals surface area contributed by atoms with E-state index in [9.17, 15) is 8.42 Å². The third-order valence-electron chi connectivity index (χ3n) is 3.10. The molecule has 1 atom stereocenters. The molecule has 0 aliphatic carbocycles. The lowest BCUT2D eigenvalue weighted by Crippen LogP contribution is -2.33. The predicted octanol–water partition coefficient (Wildman–Crippen LogP) is 2.24. The highest BCUT2D eigenvalue weighted by atomic mass is 32.2. The second kappa shape index (κ2) is 8.83. The molecule has 1 rings (SSSR count). The third-order valence-corrected chi connectivity index (χ3v) is 4.75. The fourth-order valence-electron chi connectivity index (χ4n) is 2.04. The van der Waals surface area contributed by atoms with E-state index in [0.717, 1.165) is 25.7 Å². The molecular formula is C16H24N2O2S. The first-order valence-electron chi connectivity index (χ1n) is 7.31. The van der Waals surface area contributed by atoms with Crippen LogP contribution in [0.1, 0.15) is 45.1 Å². The minimum absolute atomic E-state index is 0.0860. The summed E-state index contributed by atoms with van der Waals surface area (Å²) in [6.07, 6.45) is 4.10. The first-order valence-corrected chi connectivity index (χ1v) is 8.80. The van der Waals surface area contributed by atoms with E-state index in [1.165, 1.54) is 0 Å². The summed E-state index contributed by atoms with van der Waals surface area (Å²) in [4.78, 5) is 0.216. The molecule has 0 radical (unpaired) electrons. The van der Waals surface area contributed by atoms with E-state index in [1.807, 2.05) is 6.92 Å². The van der Waals surface area contributed by atoms with Crippen molar-refractivity contribution >= 4 is 10.0 Å². The van der Waals surface area contributed by atoms with Crippen LogP contribution >= 0.6 is 0 Å². The lowest BCUT2D eigenvalue weighted by Gasteiger charge is -2.15. The molecule has 0 aliphatic heterocycles. The van der Waals surface area contributed by atoms with Gasteiger partial charge >= 0.3 is 0 Å². The lowest BCUT2D eigenvalue weighted by atomic mass is 10.1. The number of nitrogens with one attached hydrogen (secondary N) is 1. The first kappa shape index (κ1) is 17.7. The van der Waals surface area contributed by atoms with E-state index < -0.39 is 10.0 Å². The fourth-order valence-corrected chi connectivity index (χ4v) is 3.48. The Kier molecular flexibility index (Phi) is 7.44. The van der Waals surface area contributed by atoms with Crippen LogP contribution in [0.4, 0.5) is 0 Å². The van der Waals surface area contributed by atoms with E-state index in [-0.39, 0.29) is 17.5 Å². The summed E-state index contributed by atoms with van der Waals surface area (Å²) in [5.41, 5.74) is 5.83. The van der Waals surface area contributed by atoms with Crippen molar-refractivity contribution in [1.29, 1.82) is 0 Å². The summed E-state index contributed by atoms with van der Waals surface area (Å²) < 4.78 is 27.6. The Morgan fingerprint density at radius 2 is 2.00 bits per heavy atom. The molecule has 0 fully saturated rings. The van der Waals surface area contributed by atoms with Crippen molar-refractivity contribution in [2.24, 2.45) is 5.73 Å². The average Bonchev–Trinajstić information content (AvgIpc) is 2.45. The third kappa shape index (κ3) is 5.88. The van der Waals surface area contributed by atoms with Crippen molar-refractivity contribution in [2.45, 2.75) is 50.5 Å². The van der Waals surface area contributed by atoms with Gasteiger partial charge in [-0.05, 0) is 25.5 Å². The molecule has 3 N–H and O–H groups in total. The van der Waals surface area contributed by atoms with Gasteiger partial charge in [-0.3, -0.25) is 0 Å². The Balaban J connectivity index is 2.88. The van der Waals surface area contributed by atoms with Gasteiger partial charge in [0.05, 0.1) is 11.4 Å². The Bertz CT molecular complexity index is 600. The fraction of sp³-hybridized carbons (Fsp3) is 0.500. The molecule has 1 aromatic carbocycles. The Hall–Kier alpha value is -1.35. The highest BCUT2D eigenvalue weighted by Gasteiger charge is 2.19. The summed E-state index contributed by atoms with van der Waals surface area (Å²) in [6, 6.07) is 6.64. The van der Waals surface area contributed by atoms with Crippen molar-refractivity contribution < 1.29 is 8.42 Å². The summed E-state index contributed by atoms with van der Waals surface area (Å²) in [5, 5.41) is 0. The van der Waals surface area contributed by atoms with Crippen LogP contribution in [0, 0.1) is 11.8 Å². The van der Waals surface area contributed by atoms with Crippen molar-refractivity contribution in [1.82, 2.24) is 4.72 Å². The van der Waals surface area contributed by atoms with Gasteiger partial charge in [0.1, 0.15) is 0 Å². The zero-order valence-electron chi connectivity index (χ0n) is 12.7. The van der Waals surface area contributed by atoms with E-state index in [2.05, 4.69) is 23.5 Å². The molecule has 0 amide bonds. The van der Waals surface area contributed by atoms with Crippen LogP contribution in [0.2, 0.25) is 0 Å². The zero-order chi connectivity index (χ0) is 15.7. The molecule has 116 valence electrons. The molecule has 4 nitrogen and oxygen atoms in total. The summed E-state index contributed by atoms with van der Waals surface area (Å²) in [6.45, 7) is 4.22. The van der Waals surface area contributed by atoms with Crippen LogP contribution in [-0.2, 0) is 10.0 Å². The van der Waals surface area contributed by atoms with Gasteiger partial charge in [0.15, 0.2) is 0 Å². The molecule has 0 saturated carbocycles. The van der Waals surface area contributed by atoms with E-state index in [4.69, 9.17) is 5.73 Å². The van der Waals surface area contributed by atoms with Crippen LogP contribution < -0.4 is 10.5 Å². The molecule has 0 spiro atoms. The highest BCUT2D eigenvalue weighted by Crippen LogP contribution is 2.15. The molecule has 0 aromatic heterocycles. The molecule has 0 aliphatic rings. The molecule has 0 heterocycles. The minimum atomic E-state index is -3.55. The van der Waals surface area contributed by atoms with Crippen LogP contribution in [0.25, 0.3) is 0 Å². The lowest BCUT2D eigenvalue weighted by molar-refractivity contribution is 0.527. The Labute approximate surface area is 128 Å². The van der Waals surface area contributed by atoms with E-state index in [0.29, 0.717) is 5.56 Å². The Morgan fingerprint density at radius 3 is 2.67 bits per heavy atom. The van der Waals surface area contributed by atoms with Gasteiger partial charge in [0.2, 0.25) is 10.0 Å². The number of sulfonamides is 1. The van der Waals surface area contributed by atoms with Crippen LogP contribution in [0.15, 0.2) is 29.2 Å². The average molecular weight is 308 g/mol. The number of hydrogen-bond acceptors (Lipinski definition) is 3. The topological polar surface area (TPSA) is 72.2 Å². The SMILES string of the molecule is CCCCCC(C)NS(=O)(=O)c1ccccc1C#CCN. The largest absolute Gasteiger partial charge is 0.320 e. The smallest absolute Gasteiger partial charge is 0.242 e. The number of unbranched alkanes of at least 4 members (excludes halogenated alkanes) is 2. The number of nitrogens with two attached hydrogens (primary N) is 1. The van der Waals surface area contributed by atoms with Gasteiger partial charge in [-0.25, -0.2) is 13.1 Å². The summed E-state index contributed by atoms with van der Waals surface area (Å²) >= 11 is 0. The van der Waals surface area contributed by atoms with Gasteiger partial charge in [-0.2, -0.15) is 0 Å². The summed E-state index contributed by atoms with van der Waals surface area (Å²) in [5.74, 6) is 5.51. The maximum Gasteiger partial charge on any atom is 0.242 e. The highest BCUT2D eigenvalue weighted by molar-refractivity contribution is 7.89. The van der Waals surface area contributed by atoms with E-state index in [1.54, 1.807) is 24.3 Å². The first-order chi connectivity index (χ1) is 10.0. The molecule has 0 bridgehead atoms. The van der Waals surface area contributed by atoms with Crippen molar-refractivity contribution in [2.75, 3.05) is 6.54 Å². The maximum atomic E-state index is 12.4. The standard InChI is InChI=1S/C16H24N2O2S/c1-3-4-5-9-14(2)18-21(19,20)16-12-7-6-10-15(16)11-8-13-17/h6-7,10,12,14,18H,3-5,9,13,17H2,1-2H3. The normalized spacial score (nSPS) is 12.5.